The van der Waals surface area contributed by atoms with Crippen molar-refractivity contribution >= 4 is 11.4 Å². The first-order chi connectivity index (χ1) is 10.1. The number of hydrogen-bond acceptors (Lipinski definition) is 3. The predicted octanol–water partition coefficient (Wildman–Crippen LogP) is 4.32. The van der Waals surface area contributed by atoms with Crippen molar-refractivity contribution in [3.8, 4) is 5.75 Å². The molecule has 0 aliphatic carbocycles. The number of hydrogen-bond donors (Lipinski definition) is 1. The fraction of sp³-hybridized carbons (Fsp3) is 0.333. The number of nitrogens with zero attached hydrogens (tertiary/aromatic N) is 1. The SMILES string of the molecule is CCOc1ccc(C(C)Nc2cccc(N(C)C)c2)cc1. The Bertz CT molecular complexity index is 564. The van der Waals surface area contributed by atoms with Crippen LogP contribution < -0.4 is 15.0 Å². The van der Waals surface area contributed by atoms with Gasteiger partial charge in [0.1, 0.15) is 5.75 Å². The van der Waals surface area contributed by atoms with E-state index >= 15 is 0 Å². The van der Waals surface area contributed by atoms with Gasteiger partial charge in [-0.05, 0) is 49.7 Å². The highest BCUT2D eigenvalue weighted by Crippen LogP contribution is 2.24. The molecule has 21 heavy (non-hydrogen) atoms. The van der Waals surface area contributed by atoms with E-state index in [1.165, 1.54) is 11.3 Å². The van der Waals surface area contributed by atoms with Crippen molar-refractivity contribution in [1.82, 2.24) is 0 Å². The largest absolute Gasteiger partial charge is 0.494 e. The summed E-state index contributed by atoms with van der Waals surface area (Å²) in [5, 5.41) is 3.54. The Labute approximate surface area is 127 Å². The van der Waals surface area contributed by atoms with Crippen LogP contribution >= 0.6 is 0 Å². The molecule has 0 saturated heterocycles. The minimum Gasteiger partial charge on any atom is -0.494 e. The molecule has 2 aromatic carbocycles. The molecular weight excluding hydrogens is 260 g/mol. The predicted molar refractivity (Wildman–Crippen MR) is 90.4 cm³/mol. The molecule has 1 N–H and O–H groups in total. The molecule has 0 bridgehead atoms. The van der Waals surface area contributed by atoms with Crippen LogP contribution in [0.1, 0.15) is 25.5 Å². The maximum Gasteiger partial charge on any atom is 0.119 e. The highest BCUT2D eigenvalue weighted by Gasteiger charge is 2.06. The zero-order chi connectivity index (χ0) is 15.2. The van der Waals surface area contributed by atoms with E-state index in [0.29, 0.717) is 6.61 Å². The molecule has 3 nitrogen and oxygen atoms in total. The van der Waals surface area contributed by atoms with E-state index in [1.54, 1.807) is 0 Å². The fourth-order valence-corrected chi connectivity index (χ4v) is 2.23. The molecule has 0 aromatic heterocycles. The topological polar surface area (TPSA) is 24.5 Å². The molecule has 0 heterocycles. The van der Waals surface area contributed by atoms with Gasteiger partial charge in [0.05, 0.1) is 6.61 Å². The first-order valence-corrected chi connectivity index (χ1v) is 7.37. The van der Waals surface area contributed by atoms with Gasteiger partial charge in [-0.2, -0.15) is 0 Å². The maximum absolute atomic E-state index is 5.48. The first-order valence-electron chi connectivity index (χ1n) is 7.37. The molecule has 0 saturated carbocycles. The summed E-state index contributed by atoms with van der Waals surface area (Å²) in [6.07, 6.45) is 0. The van der Waals surface area contributed by atoms with Crippen LogP contribution in [0.2, 0.25) is 0 Å². The third-order valence-corrected chi connectivity index (χ3v) is 3.44. The second-order valence-electron chi connectivity index (χ2n) is 5.31. The second kappa shape index (κ2) is 7.02. The van der Waals surface area contributed by atoms with Crippen LogP contribution in [0.15, 0.2) is 48.5 Å². The maximum atomic E-state index is 5.48. The highest BCUT2D eigenvalue weighted by molar-refractivity contribution is 5.58. The Morgan fingerprint density at radius 1 is 1.10 bits per heavy atom. The summed E-state index contributed by atoms with van der Waals surface area (Å²) in [5.74, 6) is 0.919. The van der Waals surface area contributed by atoms with Gasteiger partial charge in [0.25, 0.3) is 0 Å². The Hall–Kier alpha value is -2.16. The number of benzene rings is 2. The van der Waals surface area contributed by atoms with Gasteiger partial charge in [0.2, 0.25) is 0 Å². The summed E-state index contributed by atoms with van der Waals surface area (Å²) < 4.78 is 5.48. The lowest BCUT2D eigenvalue weighted by molar-refractivity contribution is 0.340. The molecule has 3 heteroatoms. The van der Waals surface area contributed by atoms with Crippen LogP contribution in [0, 0.1) is 0 Å². The van der Waals surface area contributed by atoms with Crippen LogP contribution in [0.3, 0.4) is 0 Å². The highest BCUT2D eigenvalue weighted by atomic mass is 16.5. The third-order valence-electron chi connectivity index (χ3n) is 3.44. The van der Waals surface area contributed by atoms with Gasteiger partial charge in [-0.3, -0.25) is 0 Å². The van der Waals surface area contributed by atoms with E-state index in [-0.39, 0.29) is 6.04 Å². The summed E-state index contributed by atoms with van der Waals surface area (Å²) >= 11 is 0. The molecule has 112 valence electrons. The lowest BCUT2D eigenvalue weighted by atomic mass is 10.1. The van der Waals surface area contributed by atoms with E-state index in [9.17, 15) is 0 Å². The molecule has 0 fully saturated rings. The van der Waals surface area contributed by atoms with E-state index in [4.69, 9.17) is 4.74 Å². The minimum absolute atomic E-state index is 0.248. The lowest BCUT2D eigenvalue weighted by Gasteiger charge is -2.18. The van der Waals surface area contributed by atoms with E-state index < -0.39 is 0 Å². The van der Waals surface area contributed by atoms with Crippen LogP contribution in [0.5, 0.6) is 5.75 Å². The summed E-state index contributed by atoms with van der Waals surface area (Å²) in [6, 6.07) is 16.9. The minimum atomic E-state index is 0.248. The van der Waals surface area contributed by atoms with Gasteiger partial charge in [-0.1, -0.05) is 18.2 Å². The molecule has 0 aliphatic rings. The molecule has 0 spiro atoms. The van der Waals surface area contributed by atoms with E-state index in [0.717, 1.165) is 11.4 Å². The van der Waals surface area contributed by atoms with Crippen molar-refractivity contribution in [2.24, 2.45) is 0 Å². The Balaban J connectivity index is 2.06. The zero-order valence-electron chi connectivity index (χ0n) is 13.3. The average molecular weight is 284 g/mol. The summed E-state index contributed by atoms with van der Waals surface area (Å²) in [5.41, 5.74) is 3.56. The van der Waals surface area contributed by atoms with Gasteiger partial charge in [0.15, 0.2) is 0 Å². The molecule has 0 radical (unpaired) electrons. The van der Waals surface area contributed by atoms with Crippen LogP contribution in [0.4, 0.5) is 11.4 Å². The molecule has 0 amide bonds. The van der Waals surface area contributed by atoms with Gasteiger partial charge in [-0.25, -0.2) is 0 Å². The molecule has 1 atom stereocenters. The van der Waals surface area contributed by atoms with Crippen molar-refractivity contribution in [3.63, 3.8) is 0 Å². The van der Waals surface area contributed by atoms with Crippen molar-refractivity contribution in [1.29, 1.82) is 0 Å². The average Bonchev–Trinajstić information content (AvgIpc) is 2.48. The number of nitrogens with one attached hydrogen (secondary N) is 1. The Morgan fingerprint density at radius 2 is 1.81 bits per heavy atom. The smallest absolute Gasteiger partial charge is 0.119 e. The fourth-order valence-electron chi connectivity index (χ4n) is 2.23. The van der Waals surface area contributed by atoms with Crippen LogP contribution in [0.25, 0.3) is 0 Å². The number of ether oxygens (including phenoxy) is 1. The van der Waals surface area contributed by atoms with Crippen molar-refractivity contribution in [3.05, 3.63) is 54.1 Å². The summed E-state index contributed by atoms with van der Waals surface area (Å²) in [7, 11) is 4.10. The van der Waals surface area contributed by atoms with E-state index in [1.807, 2.05) is 19.1 Å². The lowest BCUT2D eigenvalue weighted by Crippen LogP contribution is -2.10. The number of anilines is 2. The monoisotopic (exact) mass is 284 g/mol. The quantitative estimate of drug-likeness (QED) is 0.854. The van der Waals surface area contributed by atoms with Gasteiger partial charge >= 0.3 is 0 Å². The Morgan fingerprint density at radius 3 is 2.43 bits per heavy atom. The van der Waals surface area contributed by atoms with Crippen LogP contribution in [-0.2, 0) is 0 Å². The molecule has 0 aliphatic heterocycles. The van der Waals surface area contributed by atoms with Gasteiger partial charge < -0.3 is 15.0 Å². The van der Waals surface area contributed by atoms with Gasteiger partial charge in [0, 0.05) is 31.5 Å². The van der Waals surface area contributed by atoms with Crippen molar-refractivity contribution < 1.29 is 4.74 Å². The molecule has 2 rings (SSSR count). The first kappa shape index (κ1) is 15.2. The van der Waals surface area contributed by atoms with Gasteiger partial charge in [-0.15, -0.1) is 0 Å². The Kier molecular flexibility index (Phi) is 5.09. The standard InChI is InChI=1S/C18H24N2O/c1-5-21-18-11-9-15(10-12-18)14(2)19-16-7-6-8-17(13-16)20(3)4/h6-14,19H,5H2,1-4H3. The van der Waals surface area contributed by atoms with Crippen LogP contribution in [-0.4, -0.2) is 20.7 Å². The second-order valence-corrected chi connectivity index (χ2v) is 5.31. The molecular formula is C18H24N2O. The van der Waals surface area contributed by atoms with Crippen molar-refractivity contribution in [2.45, 2.75) is 19.9 Å². The summed E-state index contributed by atoms with van der Waals surface area (Å²) in [4.78, 5) is 2.10. The van der Waals surface area contributed by atoms with E-state index in [2.05, 4.69) is 67.6 Å². The normalized spacial score (nSPS) is 11.8. The summed E-state index contributed by atoms with van der Waals surface area (Å²) in [6.45, 7) is 4.86. The molecule has 1 unspecified atom stereocenters. The zero-order valence-corrected chi connectivity index (χ0v) is 13.3. The van der Waals surface area contributed by atoms with Crippen molar-refractivity contribution in [2.75, 3.05) is 30.9 Å². The third kappa shape index (κ3) is 4.15. The molecule has 2 aromatic rings. The number of rotatable bonds is 6.